The van der Waals surface area contributed by atoms with E-state index in [-0.39, 0.29) is 0 Å². The van der Waals surface area contributed by atoms with Gasteiger partial charge in [0.15, 0.2) is 0 Å². The van der Waals surface area contributed by atoms with Gasteiger partial charge in [-0.05, 0) is 31.4 Å². The number of halogens is 1. The van der Waals surface area contributed by atoms with E-state index < -0.39 is 0 Å². The number of nitrogens with one attached hydrogen (secondary N) is 1. The van der Waals surface area contributed by atoms with Crippen LogP contribution in [0, 0.1) is 0 Å². The topological polar surface area (TPSA) is 34.2 Å². The first-order chi connectivity index (χ1) is 8.84. The van der Waals surface area contributed by atoms with Crippen LogP contribution in [0.4, 0.5) is 5.69 Å². The van der Waals surface area contributed by atoms with Crippen molar-refractivity contribution in [2.75, 3.05) is 18.5 Å². The van der Waals surface area contributed by atoms with Crippen LogP contribution in [0.1, 0.15) is 19.3 Å². The summed E-state index contributed by atoms with van der Waals surface area (Å²) in [7, 11) is 0. The molecule has 0 saturated carbocycles. The lowest BCUT2D eigenvalue weighted by atomic mass is 10.1. The van der Waals surface area contributed by atoms with Gasteiger partial charge in [0, 0.05) is 19.3 Å². The van der Waals surface area contributed by atoms with E-state index in [1.807, 2.05) is 17.6 Å². The molecule has 1 aliphatic heterocycles. The van der Waals surface area contributed by atoms with E-state index in [0.717, 1.165) is 48.7 Å². The first kappa shape index (κ1) is 12.2. The number of ether oxygens (including phenoxy) is 1. The molecular formula is C13H15ClN2OS. The highest BCUT2D eigenvalue weighted by Gasteiger charge is 2.16. The van der Waals surface area contributed by atoms with Gasteiger partial charge in [-0.1, -0.05) is 11.6 Å². The Bertz CT molecular complexity index is 535. The molecule has 1 aromatic carbocycles. The Balaban J connectivity index is 1.88. The van der Waals surface area contributed by atoms with Crippen LogP contribution in [-0.2, 0) is 4.74 Å². The zero-order chi connectivity index (χ0) is 12.4. The number of anilines is 1. The Morgan fingerprint density at radius 1 is 1.33 bits per heavy atom. The average molecular weight is 283 g/mol. The molecule has 0 bridgehead atoms. The van der Waals surface area contributed by atoms with Crippen LogP contribution in [0.25, 0.3) is 10.2 Å². The number of nitrogens with zero attached hydrogens (tertiary/aromatic N) is 1. The summed E-state index contributed by atoms with van der Waals surface area (Å²) in [5.41, 5.74) is 3.82. The highest BCUT2D eigenvalue weighted by Crippen LogP contribution is 2.33. The van der Waals surface area contributed by atoms with Gasteiger partial charge in [0.25, 0.3) is 0 Å². The van der Waals surface area contributed by atoms with Gasteiger partial charge in [-0.15, -0.1) is 11.3 Å². The van der Waals surface area contributed by atoms with Crippen LogP contribution in [-0.4, -0.2) is 24.2 Å². The monoisotopic (exact) mass is 282 g/mol. The Labute approximate surface area is 115 Å². The molecule has 3 rings (SSSR count). The van der Waals surface area contributed by atoms with E-state index in [2.05, 4.69) is 10.3 Å². The second-order valence-electron chi connectivity index (χ2n) is 4.51. The Morgan fingerprint density at radius 2 is 2.28 bits per heavy atom. The molecule has 3 nitrogen and oxygen atoms in total. The van der Waals surface area contributed by atoms with E-state index in [0.29, 0.717) is 6.04 Å². The van der Waals surface area contributed by atoms with Crippen molar-refractivity contribution in [3.05, 3.63) is 22.7 Å². The fraction of sp³-hybridized carbons (Fsp3) is 0.462. The van der Waals surface area contributed by atoms with Gasteiger partial charge in [-0.25, -0.2) is 4.98 Å². The van der Waals surface area contributed by atoms with Gasteiger partial charge in [0.1, 0.15) is 5.52 Å². The Hall–Kier alpha value is -0.840. The molecule has 0 spiro atoms. The van der Waals surface area contributed by atoms with Crippen LogP contribution in [0.3, 0.4) is 0 Å². The van der Waals surface area contributed by atoms with Gasteiger partial charge in [-0.2, -0.15) is 0 Å². The number of thiazole rings is 1. The second-order valence-corrected chi connectivity index (χ2v) is 5.80. The van der Waals surface area contributed by atoms with Crippen LogP contribution < -0.4 is 5.32 Å². The maximum atomic E-state index is 6.29. The maximum absolute atomic E-state index is 6.29. The molecule has 2 aromatic rings. The van der Waals surface area contributed by atoms with Crippen LogP contribution in [0.15, 0.2) is 17.6 Å². The fourth-order valence-corrected chi connectivity index (χ4v) is 3.19. The minimum atomic E-state index is 0.428. The van der Waals surface area contributed by atoms with Crippen molar-refractivity contribution in [1.29, 1.82) is 0 Å². The lowest BCUT2D eigenvalue weighted by molar-refractivity contribution is 0.144. The normalized spacial score (nSPS) is 20.8. The molecule has 18 heavy (non-hydrogen) atoms. The van der Waals surface area contributed by atoms with Crippen molar-refractivity contribution < 1.29 is 4.74 Å². The standard InChI is InChI=1S/C13H15ClN2OS/c14-10-3-4-11-13(15-8-18-11)12(10)16-9-2-1-6-17-7-5-9/h3-4,8-9,16H,1-2,5-7H2. The van der Waals surface area contributed by atoms with Crippen LogP contribution in [0.5, 0.6) is 0 Å². The minimum Gasteiger partial charge on any atom is -0.381 e. The summed E-state index contributed by atoms with van der Waals surface area (Å²) in [5.74, 6) is 0. The summed E-state index contributed by atoms with van der Waals surface area (Å²) in [6.07, 6.45) is 3.25. The highest BCUT2D eigenvalue weighted by molar-refractivity contribution is 7.16. The maximum Gasteiger partial charge on any atom is 0.106 e. The van der Waals surface area contributed by atoms with Gasteiger partial charge in [-0.3, -0.25) is 0 Å². The van der Waals surface area contributed by atoms with Gasteiger partial charge in [0.2, 0.25) is 0 Å². The molecule has 5 heteroatoms. The molecule has 0 aliphatic carbocycles. The van der Waals surface area contributed by atoms with Crippen molar-refractivity contribution in [2.24, 2.45) is 0 Å². The first-order valence-corrected chi connectivity index (χ1v) is 7.46. The Morgan fingerprint density at radius 3 is 3.22 bits per heavy atom. The van der Waals surface area contributed by atoms with E-state index >= 15 is 0 Å². The zero-order valence-electron chi connectivity index (χ0n) is 9.99. The van der Waals surface area contributed by atoms with E-state index in [1.165, 1.54) is 4.70 Å². The molecule has 1 unspecified atom stereocenters. The summed E-state index contributed by atoms with van der Waals surface area (Å²) in [5, 5.41) is 4.30. The SMILES string of the molecule is Clc1ccc2scnc2c1NC1CCCOCC1. The van der Waals surface area contributed by atoms with Crippen molar-refractivity contribution in [3.63, 3.8) is 0 Å². The molecule has 1 fully saturated rings. The number of fused-ring (bicyclic) bond motifs is 1. The smallest absolute Gasteiger partial charge is 0.106 e. The third kappa shape index (κ3) is 2.46. The summed E-state index contributed by atoms with van der Waals surface area (Å²) in [6, 6.07) is 4.39. The summed E-state index contributed by atoms with van der Waals surface area (Å²) in [4.78, 5) is 4.41. The molecule has 1 aliphatic rings. The summed E-state index contributed by atoms with van der Waals surface area (Å²) in [6.45, 7) is 1.69. The van der Waals surface area contributed by atoms with Crippen LogP contribution in [0.2, 0.25) is 5.02 Å². The molecule has 1 N–H and O–H groups in total. The van der Waals surface area contributed by atoms with Crippen LogP contribution >= 0.6 is 22.9 Å². The van der Waals surface area contributed by atoms with E-state index in [1.54, 1.807) is 11.3 Å². The number of benzene rings is 1. The third-order valence-corrected chi connectivity index (χ3v) is 4.36. The number of aromatic nitrogens is 1. The molecule has 0 amide bonds. The lowest BCUT2D eigenvalue weighted by Crippen LogP contribution is -2.20. The molecule has 1 atom stereocenters. The Kier molecular flexibility index (Phi) is 3.68. The van der Waals surface area contributed by atoms with Gasteiger partial charge >= 0.3 is 0 Å². The van der Waals surface area contributed by atoms with E-state index in [4.69, 9.17) is 16.3 Å². The summed E-state index contributed by atoms with van der Waals surface area (Å²) >= 11 is 7.93. The van der Waals surface area contributed by atoms with Crippen molar-refractivity contribution in [2.45, 2.75) is 25.3 Å². The van der Waals surface area contributed by atoms with Crippen molar-refractivity contribution in [3.8, 4) is 0 Å². The van der Waals surface area contributed by atoms with Gasteiger partial charge in [0.05, 0.1) is 20.9 Å². The third-order valence-electron chi connectivity index (χ3n) is 3.25. The molecule has 1 saturated heterocycles. The zero-order valence-corrected chi connectivity index (χ0v) is 11.6. The summed E-state index contributed by atoms with van der Waals surface area (Å²) < 4.78 is 6.65. The lowest BCUT2D eigenvalue weighted by Gasteiger charge is -2.18. The van der Waals surface area contributed by atoms with Crippen molar-refractivity contribution in [1.82, 2.24) is 4.98 Å². The number of hydrogen-bond acceptors (Lipinski definition) is 4. The molecule has 96 valence electrons. The average Bonchev–Trinajstić information content (AvgIpc) is 2.70. The molecule has 2 heterocycles. The number of rotatable bonds is 2. The quantitative estimate of drug-likeness (QED) is 0.906. The highest BCUT2D eigenvalue weighted by atomic mass is 35.5. The minimum absolute atomic E-state index is 0.428. The second kappa shape index (κ2) is 5.43. The predicted octanol–water partition coefficient (Wildman–Crippen LogP) is 3.93. The first-order valence-electron chi connectivity index (χ1n) is 6.20. The molecular weight excluding hydrogens is 268 g/mol. The van der Waals surface area contributed by atoms with E-state index in [9.17, 15) is 0 Å². The molecule has 0 radical (unpaired) electrons. The molecule has 1 aromatic heterocycles. The van der Waals surface area contributed by atoms with Gasteiger partial charge < -0.3 is 10.1 Å². The van der Waals surface area contributed by atoms with Crippen molar-refractivity contribution >= 4 is 38.8 Å². The number of hydrogen-bond donors (Lipinski definition) is 1. The fourth-order valence-electron chi connectivity index (χ4n) is 2.30. The largest absolute Gasteiger partial charge is 0.381 e. The predicted molar refractivity (Wildman–Crippen MR) is 76.7 cm³/mol.